The zero-order chi connectivity index (χ0) is 14.7. The van der Waals surface area contributed by atoms with Crippen molar-refractivity contribution in [3.05, 3.63) is 17.8 Å². The zero-order valence-corrected chi connectivity index (χ0v) is 12.2. The van der Waals surface area contributed by atoms with Gasteiger partial charge in [-0.2, -0.15) is 0 Å². The summed E-state index contributed by atoms with van der Waals surface area (Å²) in [5, 5.41) is 19.6. The Labute approximate surface area is 124 Å². The maximum absolute atomic E-state index is 10.7. The van der Waals surface area contributed by atoms with Gasteiger partial charge in [-0.3, -0.25) is 0 Å². The fourth-order valence-electron chi connectivity index (χ4n) is 3.42. The Morgan fingerprint density at radius 3 is 2.76 bits per heavy atom. The highest BCUT2D eigenvalue weighted by molar-refractivity contribution is 5.85. The molecule has 1 aromatic heterocycles. The Hall–Kier alpha value is -1.69. The maximum atomic E-state index is 10.7. The summed E-state index contributed by atoms with van der Waals surface area (Å²) >= 11 is 0. The van der Waals surface area contributed by atoms with Crippen molar-refractivity contribution in [3.63, 3.8) is 0 Å². The van der Waals surface area contributed by atoms with E-state index in [0.717, 1.165) is 19.1 Å². The second-order valence-electron chi connectivity index (χ2n) is 6.08. The average Bonchev–Trinajstić information content (AvgIpc) is 3.16. The maximum Gasteiger partial charge on any atom is 0.356 e. The molecule has 6 nitrogen and oxygen atoms in total. The summed E-state index contributed by atoms with van der Waals surface area (Å²) in [4.78, 5) is 13.4. The van der Waals surface area contributed by atoms with Crippen LogP contribution >= 0.6 is 0 Å². The van der Waals surface area contributed by atoms with Crippen LogP contribution in [0.1, 0.15) is 42.6 Å². The SMILES string of the molecule is O=C(O)c1ccc(NCC2CCN(C3CCCC3)C2)nn1. The Morgan fingerprint density at radius 1 is 1.29 bits per heavy atom. The number of aromatic carboxylic acids is 1. The number of nitrogens with zero attached hydrogens (tertiary/aromatic N) is 3. The minimum Gasteiger partial charge on any atom is -0.476 e. The molecule has 1 atom stereocenters. The highest BCUT2D eigenvalue weighted by atomic mass is 16.4. The van der Waals surface area contributed by atoms with E-state index in [-0.39, 0.29) is 5.69 Å². The molecule has 0 aromatic carbocycles. The predicted octanol–water partition coefficient (Wildman–Crippen LogP) is 1.85. The molecule has 0 spiro atoms. The van der Waals surface area contributed by atoms with Crippen molar-refractivity contribution in [2.24, 2.45) is 5.92 Å². The molecule has 2 heterocycles. The number of carboxylic acid groups (broad SMARTS) is 1. The summed E-state index contributed by atoms with van der Waals surface area (Å²) in [6, 6.07) is 3.97. The largest absolute Gasteiger partial charge is 0.476 e. The molecule has 0 radical (unpaired) electrons. The highest BCUT2D eigenvalue weighted by Gasteiger charge is 2.29. The number of rotatable bonds is 5. The Bertz CT molecular complexity index is 485. The van der Waals surface area contributed by atoms with Crippen LogP contribution in [0.15, 0.2) is 12.1 Å². The van der Waals surface area contributed by atoms with Crippen LogP contribution in [0.25, 0.3) is 0 Å². The van der Waals surface area contributed by atoms with E-state index in [1.54, 1.807) is 6.07 Å². The van der Waals surface area contributed by atoms with Crippen LogP contribution in [-0.2, 0) is 0 Å². The second kappa shape index (κ2) is 6.39. The van der Waals surface area contributed by atoms with E-state index in [0.29, 0.717) is 11.7 Å². The Morgan fingerprint density at radius 2 is 2.10 bits per heavy atom. The van der Waals surface area contributed by atoms with Gasteiger partial charge in [0.25, 0.3) is 0 Å². The molecule has 1 aliphatic carbocycles. The third-order valence-electron chi connectivity index (χ3n) is 4.61. The van der Waals surface area contributed by atoms with E-state index in [4.69, 9.17) is 5.11 Å². The van der Waals surface area contributed by atoms with Crippen LogP contribution in [0.3, 0.4) is 0 Å². The van der Waals surface area contributed by atoms with Gasteiger partial charge < -0.3 is 15.3 Å². The topological polar surface area (TPSA) is 78.4 Å². The van der Waals surface area contributed by atoms with E-state index in [1.165, 1.54) is 44.7 Å². The fourth-order valence-corrected chi connectivity index (χ4v) is 3.42. The van der Waals surface area contributed by atoms with Gasteiger partial charge >= 0.3 is 5.97 Å². The first-order valence-electron chi connectivity index (χ1n) is 7.77. The summed E-state index contributed by atoms with van der Waals surface area (Å²) in [5.41, 5.74) is -0.0196. The van der Waals surface area contributed by atoms with E-state index in [9.17, 15) is 4.79 Å². The van der Waals surface area contributed by atoms with E-state index in [1.807, 2.05) is 0 Å². The van der Waals surface area contributed by atoms with Gasteiger partial charge in [0.2, 0.25) is 0 Å². The average molecular weight is 290 g/mol. The summed E-state index contributed by atoms with van der Waals surface area (Å²) in [5.74, 6) is 0.253. The van der Waals surface area contributed by atoms with Crippen LogP contribution in [0.2, 0.25) is 0 Å². The first-order chi connectivity index (χ1) is 10.2. The first kappa shape index (κ1) is 14.3. The summed E-state index contributed by atoms with van der Waals surface area (Å²) < 4.78 is 0. The first-order valence-corrected chi connectivity index (χ1v) is 7.77. The number of carbonyl (C=O) groups is 1. The Balaban J connectivity index is 1.46. The minimum absolute atomic E-state index is 0.0196. The van der Waals surface area contributed by atoms with Gasteiger partial charge in [0.1, 0.15) is 5.82 Å². The molecule has 1 saturated carbocycles. The van der Waals surface area contributed by atoms with Gasteiger partial charge in [0.15, 0.2) is 5.69 Å². The molecule has 2 N–H and O–H groups in total. The number of hydrogen-bond donors (Lipinski definition) is 2. The molecule has 1 saturated heterocycles. The van der Waals surface area contributed by atoms with Gasteiger partial charge in [0, 0.05) is 19.1 Å². The van der Waals surface area contributed by atoms with Gasteiger partial charge in [-0.05, 0) is 43.9 Å². The number of carboxylic acids is 1. The minimum atomic E-state index is -1.04. The molecule has 1 unspecified atom stereocenters. The molecular formula is C15H22N4O2. The van der Waals surface area contributed by atoms with Crippen molar-refractivity contribution < 1.29 is 9.90 Å². The molecule has 2 fully saturated rings. The molecule has 21 heavy (non-hydrogen) atoms. The molecule has 1 aromatic rings. The molecular weight excluding hydrogens is 268 g/mol. The molecule has 0 bridgehead atoms. The molecule has 2 aliphatic rings. The highest BCUT2D eigenvalue weighted by Crippen LogP contribution is 2.28. The summed E-state index contributed by atoms with van der Waals surface area (Å²) in [6.45, 7) is 3.25. The fraction of sp³-hybridized carbons (Fsp3) is 0.667. The van der Waals surface area contributed by atoms with E-state index in [2.05, 4.69) is 20.4 Å². The lowest BCUT2D eigenvalue weighted by molar-refractivity contribution is 0.0689. The van der Waals surface area contributed by atoms with Gasteiger partial charge in [-0.1, -0.05) is 12.8 Å². The lowest BCUT2D eigenvalue weighted by Gasteiger charge is -2.23. The third kappa shape index (κ3) is 3.50. The van der Waals surface area contributed by atoms with E-state index >= 15 is 0 Å². The number of nitrogens with one attached hydrogen (secondary N) is 1. The number of likely N-dealkylation sites (tertiary alicyclic amines) is 1. The summed E-state index contributed by atoms with van der Waals surface area (Å²) in [6.07, 6.45) is 6.72. The van der Waals surface area contributed by atoms with Crippen LogP contribution in [0.5, 0.6) is 0 Å². The number of hydrogen-bond acceptors (Lipinski definition) is 5. The monoisotopic (exact) mass is 290 g/mol. The molecule has 1 aliphatic heterocycles. The Kier molecular flexibility index (Phi) is 4.34. The van der Waals surface area contributed by atoms with Crippen molar-refractivity contribution in [2.75, 3.05) is 25.0 Å². The number of anilines is 1. The van der Waals surface area contributed by atoms with Gasteiger partial charge in [0.05, 0.1) is 0 Å². The smallest absolute Gasteiger partial charge is 0.356 e. The van der Waals surface area contributed by atoms with Crippen LogP contribution < -0.4 is 5.32 Å². The van der Waals surface area contributed by atoms with Crippen LogP contribution in [-0.4, -0.2) is 51.8 Å². The van der Waals surface area contributed by atoms with Crippen molar-refractivity contribution in [3.8, 4) is 0 Å². The molecule has 3 rings (SSSR count). The second-order valence-corrected chi connectivity index (χ2v) is 6.08. The van der Waals surface area contributed by atoms with Crippen molar-refractivity contribution in [2.45, 2.75) is 38.1 Å². The predicted molar refractivity (Wildman–Crippen MR) is 79.4 cm³/mol. The van der Waals surface area contributed by atoms with Crippen molar-refractivity contribution in [1.29, 1.82) is 0 Å². The van der Waals surface area contributed by atoms with E-state index < -0.39 is 5.97 Å². The van der Waals surface area contributed by atoms with Gasteiger partial charge in [-0.15, -0.1) is 10.2 Å². The normalized spacial score (nSPS) is 23.5. The lowest BCUT2D eigenvalue weighted by Crippen LogP contribution is -2.31. The van der Waals surface area contributed by atoms with Gasteiger partial charge in [-0.25, -0.2) is 4.79 Å². The third-order valence-corrected chi connectivity index (χ3v) is 4.61. The molecule has 114 valence electrons. The molecule has 6 heteroatoms. The standard InChI is InChI=1S/C15H22N4O2/c20-15(21)13-5-6-14(18-17-13)16-9-11-7-8-19(10-11)12-3-1-2-4-12/h5-6,11-12H,1-4,7-10H2,(H,16,18)(H,20,21). The van der Waals surface area contributed by atoms with Crippen LogP contribution in [0.4, 0.5) is 5.82 Å². The van der Waals surface area contributed by atoms with Crippen molar-refractivity contribution >= 4 is 11.8 Å². The van der Waals surface area contributed by atoms with Crippen molar-refractivity contribution in [1.82, 2.24) is 15.1 Å². The number of aromatic nitrogens is 2. The van der Waals surface area contributed by atoms with Crippen LogP contribution in [0, 0.1) is 5.92 Å². The quantitative estimate of drug-likeness (QED) is 0.861. The zero-order valence-electron chi connectivity index (χ0n) is 12.2. The lowest BCUT2D eigenvalue weighted by atomic mass is 10.1. The molecule has 0 amide bonds. The summed E-state index contributed by atoms with van der Waals surface area (Å²) in [7, 11) is 0.